The number of fused-ring (bicyclic) bond motifs is 1. The number of carbonyl (C=O) groups excluding carboxylic acids is 2. The molecule has 0 spiro atoms. The molecule has 2 aromatic rings. The van der Waals surface area contributed by atoms with Crippen molar-refractivity contribution in [1.82, 2.24) is 15.5 Å². The van der Waals surface area contributed by atoms with Crippen molar-refractivity contribution in [1.29, 1.82) is 0 Å². The number of hydrogen-bond acceptors (Lipinski definition) is 3. The molecule has 1 aromatic carbocycles. The van der Waals surface area contributed by atoms with E-state index in [2.05, 4.69) is 15.5 Å². The molecular weight excluding hydrogens is 232 g/mol. The summed E-state index contributed by atoms with van der Waals surface area (Å²) in [5.74, 6) is -0.674. The monoisotopic (exact) mass is 246 g/mol. The summed E-state index contributed by atoms with van der Waals surface area (Å²) in [5.41, 5.74) is 6.38. The Kier molecular flexibility index (Phi) is 3.27. The molecule has 1 unspecified atom stereocenters. The third-order valence-corrected chi connectivity index (χ3v) is 2.59. The lowest BCUT2D eigenvalue weighted by Crippen LogP contribution is -2.35. The normalized spacial score (nSPS) is 12.3. The van der Waals surface area contributed by atoms with Gasteiger partial charge >= 0.3 is 0 Å². The van der Waals surface area contributed by atoms with E-state index in [1.807, 2.05) is 6.07 Å². The maximum Gasteiger partial charge on any atom is 0.251 e. The van der Waals surface area contributed by atoms with Gasteiger partial charge in [0.25, 0.3) is 5.91 Å². The maximum absolute atomic E-state index is 11.9. The van der Waals surface area contributed by atoms with Crippen LogP contribution < -0.4 is 11.1 Å². The Balaban J connectivity index is 2.10. The second-order valence-electron chi connectivity index (χ2n) is 4.22. The number of amides is 2. The number of carbonyl (C=O) groups is 2. The summed E-state index contributed by atoms with van der Waals surface area (Å²) in [6.45, 7) is 1.73. The molecule has 94 valence electrons. The first-order valence-corrected chi connectivity index (χ1v) is 5.58. The highest BCUT2D eigenvalue weighted by atomic mass is 16.2. The maximum atomic E-state index is 11.9. The van der Waals surface area contributed by atoms with Crippen LogP contribution in [0.3, 0.4) is 0 Å². The Morgan fingerprint density at radius 1 is 1.50 bits per heavy atom. The zero-order chi connectivity index (χ0) is 13.1. The fourth-order valence-electron chi connectivity index (χ4n) is 1.74. The van der Waals surface area contributed by atoms with Crippen LogP contribution in [0.4, 0.5) is 0 Å². The Labute approximate surface area is 104 Å². The van der Waals surface area contributed by atoms with E-state index in [9.17, 15) is 9.59 Å². The molecule has 1 atom stereocenters. The summed E-state index contributed by atoms with van der Waals surface area (Å²) in [4.78, 5) is 22.6. The molecule has 0 saturated heterocycles. The van der Waals surface area contributed by atoms with Gasteiger partial charge in [-0.3, -0.25) is 14.7 Å². The number of aromatic amines is 1. The van der Waals surface area contributed by atoms with E-state index in [0.717, 1.165) is 10.9 Å². The highest BCUT2D eigenvalue weighted by molar-refractivity contribution is 5.98. The molecule has 6 heteroatoms. The number of aromatic nitrogens is 2. The van der Waals surface area contributed by atoms with Gasteiger partial charge in [-0.15, -0.1) is 0 Å². The van der Waals surface area contributed by atoms with Crippen LogP contribution in [-0.2, 0) is 4.79 Å². The summed E-state index contributed by atoms with van der Waals surface area (Å²) in [7, 11) is 0. The van der Waals surface area contributed by atoms with E-state index in [1.54, 1.807) is 25.3 Å². The highest BCUT2D eigenvalue weighted by Crippen LogP contribution is 2.12. The Bertz CT molecular complexity index is 591. The quantitative estimate of drug-likeness (QED) is 0.734. The molecule has 2 amide bonds. The van der Waals surface area contributed by atoms with Crippen molar-refractivity contribution in [3.63, 3.8) is 0 Å². The van der Waals surface area contributed by atoms with Crippen LogP contribution >= 0.6 is 0 Å². The van der Waals surface area contributed by atoms with Gasteiger partial charge in [0.2, 0.25) is 5.91 Å². The van der Waals surface area contributed by atoms with Crippen LogP contribution in [0.15, 0.2) is 24.4 Å². The van der Waals surface area contributed by atoms with Crippen molar-refractivity contribution in [2.24, 2.45) is 5.73 Å². The summed E-state index contributed by atoms with van der Waals surface area (Å²) >= 11 is 0. The van der Waals surface area contributed by atoms with Crippen LogP contribution in [0.25, 0.3) is 10.9 Å². The lowest BCUT2D eigenvalue weighted by atomic mass is 10.1. The van der Waals surface area contributed by atoms with Crippen LogP contribution in [0.2, 0.25) is 0 Å². The largest absolute Gasteiger partial charge is 0.370 e. The minimum atomic E-state index is -0.438. The lowest BCUT2D eigenvalue weighted by Gasteiger charge is -2.11. The molecule has 1 aromatic heterocycles. The molecule has 0 aliphatic heterocycles. The zero-order valence-electron chi connectivity index (χ0n) is 9.93. The van der Waals surface area contributed by atoms with Crippen molar-refractivity contribution >= 4 is 22.7 Å². The van der Waals surface area contributed by atoms with Gasteiger partial charge in [0.1, 0.15) is 0 Å². The third-order valence-electron chi connectivity index (χ3n) is 2.59. The second-order valence-corrected chi connectivity index (χ2v) is 4.22. The Morgan fingerprint density at radius 3 is 3.00 bits per heavy atom. The average Bonchev–Trinajstić information content (AvgIpc) is 2.74. The van der Waals surface area contributed by atoms with E-state index in [4.69, 9.17) is 5.73 Å². The highest BCUT2D eigenvalue weighted by Gasteiger charge is 2.12. The summed E-state index contributed by atoms with van der Waals surface area (Å²) < 4.78 is 0. The summed E-state index contributed by atoms with van der Waals surface area (Å²) in [6.07, 6.45) is 1.81. The molecule has 0 bridgehead atoms. The van der Waals surface area contributed by atoms with Crippen molar-refractivity contribution in [2.45, 2.75) is 19.4 Å². The van der Waals surface area contributed by atoms with Crippen LogP contribution in [0.1, 0.15) is 23.7 Å². The Morgan fingerprint density at radius 2 is 2.28 bits per heavy atom. The average molecular weight is 246 g/mol. The predicted octanol–water partition coefficient (Wildman–Crippen LogP) is 0.557. The van der Waals surface area contributed by atoms with E-state index >= 15 is 0 Å². The van der Waals surface area contributed by atoms with Crippen molar-refractivity contribution in [3.05, 3.63) is 30.0 Å². The van der Waals surface area contributed by atoms with E-state index in [0.29, 0.717) is 5.56 Å². The molecule has 4 N–H and O–H groups in total. The lowest BCUT2D eigenvalue weighted by molar-refractivity contribution is -0.118. The van der Waals surface area contributed by atoms with Crippen molar-refractivity contribution < 1.29 is 9.59 Å². The van der Waals surface area contributed by atoms with Gasteiger partial charge in [-0.05, 0) is 19.1 Å². The van der Waals surface area contributed by atoms with Crippen molar-refractivity contribution in [2.75, 3.05) is 0 Å². The van der Waals surface area contributed by atoms with Gasteiger partial charge < -0.3 is 11.1 Å². The van der Waals surface area contributed by atoms with Gasteiger partial charge in [0, 0.05) is 23.4 Å². The first-order chi connectivity index (χ1) is 8.56. The second kappa shape index (κ2) is 4.87. The van der Waals surface area contributed by atoms with Crippen LogP contribution in [0.5, 0.6) is 0 Å². The summed E-state index contributed by atoms with van der Waals surface area (Å²) in [5, 5.41) is 10.3. The number of nitrogens with two attached hydrogens (primary N) is 1. The topological polar surface area (TPSA) is 101 Å². The molecule has 6 nitrogen and oxygen atoms in total. The SMILES string of the molecule is CC(CC(N)=O)NC(=O)c1ccc2cn[nH]c2c1. The Hall–Kier alpha value is -2.37. The molecular formula is C12H14N4O2. The molecule has 2 rings (SSSR count). The molecule has 0 saturated carbocycles. The number of hydrogen-bond donors (Lipinski definition) is 3. The summed E-state index contributed by atoms with van der Waals surface area (Å²) in [6, 6.07) is 4.96. The fourth-order valence-corrected chi connectivity index (χ4v) is 1.74. The van der Waals surface area contributed by atoms with Gasteiger partial charge in [0.15, 0.2) is 0 Å². The first-order valence-electron chi connectivity index (χ1n) is 5.58. The predicted molar refractivity (Wildman–Crippen MR) is 66.8 cm³/mol. The molecule has 0 radical (unpaired) electrons. The smallest absolute Gasteiger partial charge is 0.251 e. The van der Waals surface area contributed by atoms with Gasteiger partial charge in [-0.1, -0.05) is 6.07 Å². The number of rotatable bonds is 4. The number of primary amides is 1. The molecule has 1 heterocycles. The van der Waals surface area contributed by atoms with E-state index < -0.39 is 5.91 Å². The van der Waals surface area contributed by atoms with Gasteiger partial charge in [0.05, 0.1) is 11.7 Å². The molecule has 0 aliphatic carbocycles. The van der Waals surface area contributed by atoms with Crippen LogP contribution in [0, 0.1) is 0 Å². The van der Waals surface area contributed by atoms with E-state index in [1.165, 1.54) is 0 Å². The van der Waals surface area contributed by atoms with Gasteiger partial charge in [-0.25, -0.2) is 0 Å². The van der Waals surface area contributed by atoms with E-state index in [-0.39, 0.29) is 18.4 Å². The third kappa shape index (κ3) is 2.65. The number of H-pyrrole nitrogens is 1. The number of benzene rings is 1. The van der Waals surface area contributed by atoms with Gasteiger partial charge in [-0.2, -0.15) is 5.10 Å². The number of nitrogens with zero attached hydrogens (tertiary/aromatic N) is 1. The minimum Gasteiger partial charge on any atom is -0.370 e. The zero-order valence-corrected chi connectivity index (χ0v) is 9.93. The minimum absolute atomic E-state index is 0.123. The molecule has 18 heavy (non-hydrogen) atoms. The number of nitrogens with one attached hydrogen (secondary N) is 2. The molecule has 0 aliphatic rings. The molecule has 0 fully saturated rings. The van der Waals surface area contributed by atoms with Crippen molar-refractivity contribution in [3.8, 4) is 0 Å². The standard InChI is InChI=1S/C12H14N4O2/c1-7(4-11(13)17)15-12(18)8-2-3-9-6-14-16-10(9)5-8/h2-3,5-7H,4H2,1H3,(H2,13,17)(H,14,16)(H,15,18). The first kappa shape index (κ1) is 12.1. The fraction of sp³-hybridized carbons (Fsp3) is 0.250. The van der Waals surface area contributed by atoms with Crippen LogP contribution in [-0.4, -0.2) is 28.1 Å².